The molecular weight excluding hydrogens is 386 g/mol. The van der Waals surface area contributed by atoms with Gasteiger partial charge in [-0.1, -0.05) is 12.1 Å². The van der Waals surface area contributed by atoms with Crippen molar-refractivity contribution < 1.29 is 13.2 Å². The standard InChI is InChI=1S/C22H35N3O3S/c1-29(26,27)25(14-5-13-23-10-2-3-11-23)21-6-4-12-24(18-21)17-19-7-8-22-20(16-19)9-15-28-22/h7-8,16,21H,2-6,9-15,17-18H2,1H3. The van der Waals surface area contributed by atoms with Gasteiger partial charge in [0.05, 0.1) is 12.9 Å². The molecule has 1 atom stereocenters. The Morgan fingerprint density at radius 1 is 1.14 bits per heavy atom. The van der Waals surface area contributed by atoms with Crippen LogP contribution in [0.15, 0.2) is 18.2 Å². The van der Waals surface area contributed by atoms with Crippen LogP contribution in [0.1, 0.15) is 43.2 Å². The Kier molecular flexibility index (Phi) is 6.79. The second kappa shape index (κ2) is 9.33. The third-order valence-electron chi connectivity index (χ3n) is 6.53. The summed E-state index contributed by atoms with van der Waals surface area (Å²) in [5.74, 6) is 1.02. The molecule has 3 aliphatic heterocycles. The molecule has 2 fully saturated rings. The lowest BCUT2D eigenvalue weighted by Crippen LogP contribution is -2.50. The Hall–Kier alpha value is -1.15. The Morgan fingerprint density at radius 2 is 1.93 bits per heavy atom. The van der Waals surface area contributed by atoms with E-state index in [9.17, 15) is 8.42 Å². The SMILES string of the molecule is CS(=O)(=O)N(CCCN1CCCC1)C1CCCN(Cc2ccc3c(c2)CCO3)C1. The van der Waals surface area contributed by atoms with Gasteiger partial charge in [0.25, 0.3) is 0 Å². The van der Waals surface area contributed by atoms with E-state index in [0.717, 1.165) is 64.2 Å². The van der Waals surface area contributed by atoms with E-state index in [2.05, 4.69) is 28.0 Å². The minimum Gasteiger partial charge on any atom is -0.493 e. The van der Waals surface area contributed by atoms with Crippen molar-refractivity contribution in [1.82, 2.24) is 14.1 Å². The van der Waals surface area contributed by atoms with Crippen molar-refractivity contribution in [2.45, 2.75) is 51.1 Å². The summed E-state index contributed by atoms with van der Waals surface area (Å²) in [7, 11) is -3.19. The number of benzene rings is 1. The van der Waals surface area contributed by atoms with Crippen molar-refractivity contribution in [3.05, 3.63) is 29.3 Å². The predicted molar refractivity (Wildman–Crippen MR) is 116 cm³/mol. The summed E-state index contributed by atoms with van der Waals surface area (Å²) in [6, 6.07) is 6.59. The maximum Gasteiger partial charge on any atom is 0.211 e. The Bertz CT molecular complexity index is 792. The monoisotopic (exact) mass is 421 g/mol. The highest BCUT2D eigenvalue weighted by atomic mass is 32.2. The van der Waals surface area contributed by atoms with Gasteiger partial charge in [0.15, 0.2) is 0 Å². The lowest BCUT2D eigenvalue weighted by atomic mass is 10.0. The number of nitrogens with zero attached hydrogens (tertiary/aromatic N) is 3. The van der Waals surface area contributed by atoms with E-state index in [-0.39, 0.29) is 6.04 Å². The summed E-state index contributed by atoms with van der Waals surface area (Å²) >= 11 is 0. The first-order valence-electron chi connectivity index (χ1n) is 11.2. The Morgan fingerprint density at radius 3 is 2.72 bits per heavy atom. The predicted octanol–water partition coefficient (Wildman–Crippen LogP) is 2.33. The van der Waals surface area contributed by atoms with Gasteiger partial charge in [-0.2, -0.15) is 4.31 Å². The Balaban J connectivity index is 1.35. The molecule has 3 heterocycles. The molecule has 0 aromatic heterocycles. The molecule has 7 heteroatoms. The van der Waals surface area contributed by atoms with Gasteiger partial charge >= 0.3 is 0 Å². The second-order valence-corrected chi connectivity index (χ2v) is 10.8. The minimum absolute atomic E-state index is 0.0927. The summed E-state index contributed by atoms with van der Waals surface area (Å²) in [5, 5.41) is 0. The first-order chi connectivity index (χ1) is 14.0. The van der Waals surface area contributed by atoms with E-state index in [1.807, 2.05) is 0 Å². The van der Waals surface area contributed by atoms with Crippen LogP contribution in [0.3, 0.4) is 0 Å². The highest BCUT2D eigenvalue weighted by molar-refractivity contribution is 7.88. The van der Waals surface area contributed by atoms with Crippen molar-refractivity contribution in [3.8, 4) is 5.75 Å². The lowest BCUT2D eigenvalue weighted by Gasteiger charge is -2.38. The maximum absolute atomic E-state index is 12.5. The average Bonchev–Trinajstić information content (AvgIpc) is 3.36. The molecule has 162 valence electrons. The van der Waals surface area contributed by atoms with E-state index < -0.39 is 10.0 Å². The van der Waals surface area contributed by atoms with Crippen molar-refractivity contribution in [2.75, 3.05) is 52.1 Å². The van der Waals surface area contributed by atoms with Crippen molar-refractivity contribution in [2.24, 2.45) is 0 Å². The van der Waals surface area contributed by atoms with Crippen molar-refractivity contribution in [3.63, 3.8) is 0 Å². The van der Waals surface area contributed by atoms with Crippen molar-refractivity contribution in [1.29, 1.82) is 0 Å². The molecule has 6 nitrogen and oxygen atoms in total. The minimum atomic E-state index is -3.19. The molecule has 0 N–H and O–H groups in total. The largest absolute Gasteiger partial charge is 0.493 e. The van der Waals surface area contributed by atoms with Gasteiger partial charge in [-0.15, -0.1) is 0 Å². The smallest absolute Gasteiger partial charge is 0.211 e. The highest BCUT2D eigenvalue weighted by Crippen LogP contribution is 2.27. The van der Waals surface area contributed by atoms with Gasteiger partial charge in [-0.3, -0.25) is 4.90 Å². The van der Waals surface area contributed by atoms with Crippen LogP contribution in [0.25, 0.3) is 0 Å². The number of rotatable bonds is 8. The molecule has 4 rings (SSSR count). The van der Waals surface area contributed by atoms with Gasteiger partial charge in [-0.25, -0.2) is 8.42 Å². The van der Waals surface area contributed by atoms with E-state index in [1.165, 1.54) is 43.3 Å². The molecule has 0 radical (unpaired) electrons. The zero-order valence-corrected chi connectivity index (χ0v) is 18.5. The molecule has 0 amide bonds. The fraction of sp³-hybridized carbons (Fsp3) is 0.727. The fourth-order valence-corrected chi connectivity index (χ4v) is 6.26. The average molecular weight is 422 g/mol. The molecular formula is C22H35N3O3S. The van der Waals surface area contributed by atoms with Crippen molar-refractivity contribution >= 4 is 10.0 Å². The van der Waals surface area contributed by atoms with Gasteiger partial charge in [0.2, 0.25) is 10.0 Å². The number of hydrogen-bond acceptors (Lipinski definition) is 5. The van der Waals surface area contributed by atoms with E-state index in [1.54, 1.807) is 4.31 Å². The normalized spacial score (nSPS) is 23.4. The summed E-state index contributed by atoms with van der Waals surface area (Å²) in [6.45, 7) is 7.52. The summed E-state index contributed by atoms with van der Waals surface area (Å²) in [5.41, 5.74) is 2.60. The zero-order valence-electron chi connectivity index (χ0n) is 17.7. The number of piperidine rings is 1. The number of ether oxygens (including phenoxy) is 1. The van der Waals surface area contributed by atoms with Crippen LogP contribution in [0.5, 0.6) is 5.75 Å². The van der Waals surface area contributed by atoms with E-state index >= 15 is 0 Å². The quantitative estimate of drug-likeness (QED) is 0.645. The van der Waals surface area contributed by atoms with E-state index in [4.69, 9.17) is 4.74 Å². The number of likely N-dealkylation sites (tertiary alicyclic amines) is 2. The summed E-state index contributed by atoms with van der Waals surface area (Å²) < 4.78 is 32.5. The van der Waals surface area contributed by atoms with Gasteiger partial charge in [0, 0.05) is 32.1 Å². The third kappa shape index (κ3) is 5.51. The summed E-state index contributed by atoms with van der Waals surface area (Å²) in [4.78, 5) is 4.88. The molecule has 1 aromatic carbocycles. The highest BCUT2D eigenvalue weighted by Gasteiger charge is 2.31. The fourth-order valence-electron chi connectivity index (χ4n) is 5.08. The number of sulfonamides is 1. The molecule has 29 heavy (non-hydrogen) atoms. The summed E-state index contributed by atoms with van der Waals surface area (Å²) in [6.07, 6.45) is 7.87. The lowest BCUT2D eigenvalue weighted by molar-refractivity contribution is 0.140. The van der Waals surface area contributed by atoms with E-state index in [0.29, 0.717) is 6.54 Å². The van der Waals surface area contributed by atoms with Crippen LogP contribution >= 0.6 is 0 Å². The number of hydrogen-bond donors (Lipinski definition) is 0. The molecule has 1 aromatic rings. The topological polar surface area (TPSA) is 53.1 Å². The molecule has 3 aliphatic rings. The molecule has 0 saturated carbocycles. The number of fused-ring (bicyclic) bond motifs is 1. The van der Waals surface area contributed by atoms with Gasteiger partial charge in [0.1, 0.15) is 5.75 Å². The van der Waals surface area contributed by atoms with Crippen LogP contribution in [-0.2, 0) is 23.0 Å². The molecule has 2 saturated heterocycles. The zero-order chi connectivity index (χ0) is 20.3. The van der Waals surface area contributed by atoms with Crippen LogP contribution < -0.4 is 4.74 Å². The Labute approximate surface area is 175 Å². The molecule has 0 aliphatic carbocycles. The molecule has 0 bridgehead atoms. The maximum atomic E-state index is 12.5. The first-order valence-corrected chi connectivity index (χ1v) is 13.0. The molecule has 0 spiro atoms. The van der Waals surface area contributed by atoms with Crippen LogP contribution in [0, 0.1) is 0 Å². The van der Waals surface area contributed by atoms with Gasteiger partial charge in [-0.05, 0) is 75.5 Å². The van der Waals surface area contributed by atoms with Crippen LogP contribution in [0.2, 0.25) is 0 Å². The van der Waals surface area contributed by atoms with Gasteiger partial charge < -0.3 is 9.64 Å². The third-order valence-corrected chi connectivity index (χ3v) is 7.86. The first kappa shape index (κ1) is 21.1. The van der Waals surface area contributed by atoms with Crippen LogP contribution in [0.4, 0.5) is 0 Å². The van der Waals surface area contributed by atoms with Crippen LogP contribution in [-0.4, -0.2) is 80.7 Å². The molecule has 1 unspecified atom stereocenters. The second-order valence-electron chi connectivity index (χ2n) is 8.85.